The van der Waals surface area contributed by atoms with Gasteiger partial charge in [-0.25, -0.2) is 0 Å². The number of hydrogen-bond donors (Lipinski definition) is 1. The molecule has 0 aliphatic heterocycles. The van der Waals surface area contributed by atoms with Crippen LogP contribution in [0.15, 0.2) is 53.1 Å². The molecule has 0 aliphatic rings. The van der Waals surface area contributed by atoms with Crippen LogP contribution in [0.3, 0.4) is 0 Å². The molecule has 158 valence electrons. The summed E-state index contributed by atoms with van der Waals surface area (Å²) in [6.45, 7) is 3.56. The first-order valence-corrected chi connectivity index (χ1v) is 10.1. The van der Waals surface area contributed by atoms with Crippen molar-refractivity contribution >= 4 is 11.6 Å². The molecular formula is C23H28N4O3. The third-order valence-electron chi connectivity index (χ3n) is 4.54. The minimum absolute atomic E-state index is 0.0862. The van der Waals surface area contributed by atoms with E-state index in [0.29, 0.717) is 24.7 Å². The van der Waals surface area contributed by atoms with Crippen molar-refractivity contribution in [2.45, 2.75) is 26.2 Å². The zero-order valence-corrected chi connectivity index (χ0v) is 17.7. The molecule has 0 atom stereocenters. The normalized spacial score (nSPS) is 10.9. The van der Waals surface area contributed by atoms with E-state index in [1.807, 2.05) is 55.5 Å². The number of ether oxygens (including phenoxy) is 1. The highest BCUT2D eigenvalue weighted by Crippen LogP contribution is 2.20. The molecule has 0 aliphatic carbocycles. The first-order valence-electron chi connectivity index (χ1n) is 10.1. The van der Waals surface area contributed by atoms with E-state index in [9.17, 15) is 4.79 Å². The number of anilines is 1. The second-order valence-electron chi connectivity index (χ2n) is 7.27. The fourth-order valence-electron chi connectivity index (χ4n) is 2.89. The van der Waals surface area contributed by atoms with Crippen molar-refractivity contribution in [1.29, 1.82) is 0 Å². The van der Waals surface area contributed by atoms with Crippen LogP contribution in [0, 0.1) is 0 Å². The van der Waals surface area contributed by atoms with Crippen LogP contribution < -0.4 is 10.1 Å². The second-order valence-corrected chi connectivity index (χ2v) is 7.27. The lowest BCUT2D eigenvalue weighted by atomic mass is 10.1. The van der Waals surface area contributed by atoms with Gasteiger partial charge in [0.05, 0.1) is 6.61 Å². The van der Waals surface area contributed by atoms with E-state index in [1.165, 1.54) is 5.56 Å². The molecule has 30 heavy (non-hydrogen) atoms. The third-order valence-corrected chi connectivity index (χ3v) is 4.54. The Morgan fingerprint density at radius 1 is 1.07 bits per heavy atom. The highest BCUT2D eigenvalue weighted by atomic mass is 16.5. The molecular weight excluding hydrogens is 380 g/mol. The van der Waals surface area contributed by atoms with Gasteiger partial charge in [-0.1, -0.05) is 17.3 Å². The van der Waals surface area contributed by atoms with Crippen LogP contribution in [0.2, 0.25) is 0 Å². The van der Waals surface area contributed by atoms with Crippen molar-refractivity contribution in [3.05, 3.63) is 60.0 Å². The number of rotatable bonds is 10. The summed E-state index contributed by atoms with van der Waals surface area (Å²) in [5.74, 6) is 1.65. The summed E-state index contributed by atoms with van der Waals surface area (Å²) in [6, 6.07) is 15.4. The lowest BCUT2D eigenvalue weighted by Crippen LogP contribution is -2.15. The van der Waals surface area contributed by atoms with Crippen LogP contribution in [0.1, 0.15) is 24.8 Å². The molecule has 0 bridgehead atoms. The van der Waals surface area contributed by atoms with Gasteiger partial charge in [0.1, 0.15) is 5.75 Å². The van der Waals surface area contributed by atoms with Gasteiger partial charge in [0.2, 0.25) is 17.6 Å². The molecule has 2 aromatic carbocycles. The SMILES string of the molecule is CCOc1ccc(-c2noc(CCC(=O)Nc3ccc(CCN(C)C)cc3)n2)cc1. The quantitative estimate of drug-likeness (QED) is 0.549. The molecule has 0 saturated carbocycles. The monoisotopic (exact) mass is 408 g/mol. The summed E-state index contributed by atoms with van der Waals surface area (Å²) in [7, 11) is 4.11. The van der Waals surface area contributed by atoms with Crippen molar-refractivity contribution < 1.29 is 14.1 Å². The van der Waals surface area contributed by atoms with E-state index >= 15 is 0 Å². The predicted octanol–water partition coefficient (Wildman–Crippen LogP) is 3.81. The van der Waals surface area contributed by atoms with Gasteiger partial charge in [-0.15, -0.1) is 0 Å². The van der Waals surface area contributed by atoms with Crippen molar-refractivity contribution in [2.24, 2.45) is 0 Å². The minimum atomic E-state index is -0.0862. The summed E-state index contributed by atoms with van der Waals surface area (Å²) in [4.78, 5) is 18.8. The van der Waals surface area contributed by atoms with Gasteiger partial charge in [0, 0.05) is 30.6 Å². The van der Waals surface area contributed by atoms with Gasteiger partial charge in [0.15, 0.2) is 0 Å². The Morgan fingerprint density at radius 3 is 2.47 bits per heavy atom. The number of likely N-dealkylation sites (N-methyl/N-ethyl adjacent to an activating group) is 1. The van der Waals surface area contributed by atoms with Crippen molar-refractivity contribution in [3.8, 4) is 17.1 Å². The smallest absolute Gasteiger partial charge is 0.227 e. The van der Waals surface area contributed by atoms with Gasteiger partial charge in [-0.3, -0.25) is 4.79 Å². The molecule has 1 aromatic heterocycles. The molecule has 1 amide bonds. The minimum Gasteiger partial charge on any atom is -0.494 e. The molecule has 7 heteroatoms. The highest BCUT2D eigenvalue weighted by molar-refractivity contribution is 5.90. The number of carbonyl (C=O) groups excluding carboxylic acids is 1. The number of aryl methyl sites for hydroxylation is 1. The molecule has 0 unspecified atom stereocenters. The zero-order valence-electron chi connectivity index (χ0n) is 17.7. The number of nitrogens with zero attached hydrogens (tertiary/aromatic N) is 3. The van der Waals surface area contributed by atoms with Crippen molar-refractivity contribution in [2.75, 3.05) is 32.6 Å². The Kier molecular flexibility index (Phi) is 7.57. The molecule has 0 saturated heterocycles. The lowest BCUT2D eigenvalue weighted by Gasteiger charge is -2.10. The number of carbonyl (C=O) groups is 1. The molecule has 0 spiro atoms. The van der Waals surface area contributed by atoms with Crippen molar-refractivity contribution in [3.63, 3.8) is 0 Å². The Labute approximate surface area is 177 Å². The van der Waals surface area contributed by atoms with Gasteiger partial charge < -0.3 is 19.5 Å². The van der Waals surface area contributed by atoms with Gasteiger partial charge >= 0.3 is 0 Å². The maximum Gasteiger partial charge on any atom is 0.227 e. The van der Waals surface area contributed by atoms with Crippen LogP contribution in [0.4, 0.5) is 5.69 Å². The predicted molar refractivity (Wildman–Crippen MR) is 117 cm³/mol. The number of benzene rings is 2. The summed E-state index contributed by atoms with van der Waals surface area (Å²) in [5, 5.41) is 6.91. The molecule has 0 radical (unpaired) electrons. The number of nitrogens with one attached hydrogen (secondary N) is 1. The van der Waals surface area contributed by atoms with Crippen LogP contribution >= 0.6 is 0 Å². The van der Waals surface area contributed by atoms with E-state index in [2.05, 4.69) is 34.5 Å². The first kappa shape index (κ1) is 21.5. The maximum absolute atomic E-state index is 12.2. The highest BCUT2D eigenvalue weighted by Gasteiger charge is 2.11. The van der Waals surface area contributed by atoms with E-state index in [0.717, 1.165) is 30.0 Å². The number of amides is 1. The van der Waals surface area contributed by atoms with Crippen LogP contribution in [-0.4, -0.2) is 48.2 Å². The average molecular weight is 409 g/mol. The Morgan fingerprint density at radius 2 is 1.80 bits per heavy atom. The topological polar surface area (TPSA) is 80.5 Å². The second kappa shape index (κ2) is 10.5. The Balaban J connectivity index is 1.48. The van der Waals surface area contributed by atoms with E-state index in [-0.39, 0.29) is 12.3 Å². The standard InChI is InChI=1S/C23H28N4O3/c1-4-29-20-11-7-18(8-12-20)23-25-22(30-26-23)14-13-21(28)24-19-9-5-17(6-10-19)15-16-27(2)3/h5-12H,4,13-16H2,1-3H3,(H,24,28). The summed E-state index contributed by atoms with van der Waals surface area (Å²) >= 11 is 0. The Bertz CT molecular complexity index is 934. The van der Waals surface area contributed by atoms with Crippen LogP contribution in [0.25, 0.3) is 11.4 Å². The fraction of sp³-hybridized carbons (Fsp3) is 0.348. The number of hydrogen-bond acceptors (Lipinski definition) is 6. The Hall–Kier alpha value is -3.19. The molecule has 0 fully saturated rings. The van der Waals surface area contributed by atoms with Gasteiger partial charge in [0.25, 0.3) is 0 Å². The van der Waals surface area contributed by atoms with Crippen molar-refractivity contribution in [1.82, 2.24) is 15.0 Å². The summed E-state index contributed by atoms with van der Waals surface area (Å²) in [6.07, 6.45) is 1.64. The number of aromatic nitrogens is 2. The molecule has 1 N–H and O–H groups in total. The zero-order chi connectivity index (χ0) is 21.3. The molecule has 3 aromatic rings. The summed E-state index contributed by atoms with van der Waals surface area (Å²) in [5.41, 5.74) is 2.87. The fourth-order valence-corrected chi connectivity index (χ4v) is 2.89. The maximum atomic E-state index is 12.2. The average Bonchev–Trinajstić information content (AvgIpc) is 3.22. The van der Waals surface area contributed by atoms with E-state index < -0.39 is 0 Å². The van der Waals surface area contributed by atoms with E-state index in [4.69, 9.17) is 9.26 Å². The largest absolute Gasteiger partial charge is 0.494 e. The lowest BCUT2D eigenvalue weighted by molar-refractivity contribution is -0.116. The molecule has 3 rings (SSSR count). The summed E-state index contributed by atoms with van der Waals surface area (Å²) < 4.78 is 10.7. The van der Waals surface area contributed by atoms with Gasteiger partial charge in [-0.2, -0.15) is 4.98 Å². The third kappa shape index (κ3) is 6.42. The molecule has 1 heterocycles. The van der Waals surface area contributed by atoms with Gasteiger partial charge in [-0.05, 0) is 69.4 Å². The van der Waals surface area contributed by atoms with Crippen LogP contribution in [-0.2, 0) is 17.6 Å². The van der Waals surface area contributed by atoms with Crippen LogP contribution in [0.5, 0.6) is 5.75 Å². The first-order chi connectivity index (χ1) is 14.5. The van der Waals surface area contributed by atoms with E-state index in [1.54, 1.807) is 0 Å². The molecule has 7 nitrogen and oxygen atoms in total.